The second kappa shape index (κ2) is 4.47. The summed E-state index contributed by atoms with van der Waals surface area (Å²) < 4.78 is 44.2. The lowest BCUT2D eigenvalue weighted by Crippen LogP contribution is -2.19. The SMILES string of the molecule is CC(OCC(F)(F)F)c1noc(C(N)=O)n1. The first-order chi connectivity index (χ1) is 7.29. The van der Waals surface area contributed by atoms with Gasteiger partial charge in [-0.15, -0.1) is 0 Å². The molecule has 6 nitrogen and oxygen atoms in total. The van der Waals surface area contributed by atoms with E-state index in [1.54, 1.807) is 0 Å². The van der Waals surface area contributed by atoms with Gasteiger partial charge in [0, 0.05) is 0 Å². The molecule has 0 aliphatic carbocycles. The first-order valence-electron chi connectivity index (χ1n) is 4.11. The fraction of sp³-hybridized carbons (Fsp3) is 0.571. The number of ether oxygens (including phenoxy) is 1. The third-order valence-electron chi connectivity index (χ3n) is 1.51. The summed E-state index contributed by atoms with van der Waals surface area (Å²) in [6.45, 7) is -0.143. The highest BCUT2D eigenvalue weighted by Crippen LogP contribution is 2.20. The Morgan fingerprint density at radius 1 is 1.62 bits per heavy atom. The number of primary amides is 1. The van der Waals surface area contributed by atoms with Gasteiger partial charge in [0.25, 0.3) is 0 Å². The number of halogens is 3. The highest BCUT2D eigenvalue weighted by molar-refractivity contribution is 5.87. The number of nitrogens with two attached hydrogens (primary N) is 1. The number of aromatic nitrogens is 2. The van der Waals surface area contributed by atoms with Crippen molar-refractivity contribution in [3.63, 3.8) is 0 Å². The van der Waals surface area contributed by atoms with E-state index in [0.717, 1.165) is 0 Å². The van der Waals surface area contributed by atoms with Gasteiger partial charge in [0.1, 0.15) is 12.7 Å². The van der Waals surface area contributed by atoms with Crippen LogP contribution in [0.4, 0.5) is 13.2 Å². The van der Waals surface area contributed by atoms with Gasteiger partial charge < -0.3 is 15.0 Å². The van der Waals surface area contributed by atoms with Gasteiger partial charge in [-0.3, -0.25) is 4.79 Å². The Balaban J connectivity index is 2.59. The van der Waals surface area contributed by atoms with E-state index >= 15 is 0 Å². The van der Waals surface area contributed by atoms with Crippen molar-refractivity contribution in [1.82, 2.24) is 10.1 Å². The van der Waals surface area contributed by atoms with Crippen molar-refractivity contribution in [3.05, 3.63) is 11.7 Å². The fourth-order valence-electron chi connectivity index (χ4n) is 0.794. The van der Waals surface area contributed by atoms with E-state index in [0.29, 0.717) is 0 Å². The summed E-state index contributed by atoms with van der Waals surface area (Å²) in [4.78, 5) is 14.0. The lowest BCUT2D eigenvalue weighted by molar-refractivity contribution is -0.185. The molecule has 1 aromatic rings. The van der Waals surface area contributed by atoms with Crippen molar-refractivity contribution >= 4 is 5.91 Å². The van der Waals surface area contributed by atoms with Crippen LogP contribution >= 0.6 is 0 Å². The summed E-state index contributed by atoms with van der Waals surface area (Å²) in [7, 11) is 0. The molecule has 1 atom stereocenters. The molecule has 0 bridgehead atoms. The Morgan fingerprint density at radius 3 is 2.69 bits per heavy atom. The number of rotatable bonds is 4. The van der Waals surface area contributed by atoms with Crippen LogP contribution < -0.4 is 5.73 Å². The summed E-state index contributed by atoms with van der Waals surface area (Å²) in [5, 5.41) is 3.26. The molecule has 0 saturated carbocycles. The number of hydrogen-bond donors (Lipinski definition) is 1. The lowest BCUT2D eigenvalue weighted by Gasteiger charge is -2.10. The van der Waals surface area contributed by atoms with Gasteiger partial charge in [0.15, 0.2) is 0 Å². The zero-order valence-corrected chi connectivity index (χ0v) is 8.11. The van der Waals surface area contributed by atoms with Crippen LogP contribution in [0.5, 0.6) is 0 Å². The molecular weight excluding hydrogens is 231 g/mol. The maximum absolute atomic E-state index is 11.8. The molecule has 1 heterocycles. The number of alkyl halides is 3. The largest absolute Gasteiger partial charge is 0.411 e. The molecule has 0 aromatic carbocycles. The monoisotopic (exact) mass is 239 g/mol. The van der Waals surface area contributed by atoms with Crippen LogP contribution in [0.3, 0.4) is 0 Å². The quantitative estimate of drug-likeness (QED) is 0.839. The first-order valence-corrected chi connectivity index (χ1v) is 4.11. The summed E-state index contributed by atoms with van der Waals surface area (Å²) in [6, 6.07) is 0. The molecule has 1 aromatic heterocycles. The molecule has 16 heavy (non-hydrogen) atoms. The lowest BCUT2D eigenvalue weighted by atomic mass is 10.4. The minimum atomic E-state index is -4.44. The van der Waals surface area contributed by atoms with Crippen LogP contribution in [0, 0.1) is 0 Å². The van der Waals surface area contributed by atoms with Gasteiger partial charge in [0.2, 0.25) is 5.82 Å². The average molecular weight is 239 g/mol. The van der Waals surface area contributed by atoms with Crippen LogP contribution in [0.1, 0.15) is 29.5 Å². The molecule has 0 spiro atoms. The third-order valence-corrected chi connectivity index (χ3v) is 1.51. The molecule has 90 valence electrons. The number of nitrogens with zero attached hydrogens (tertiary/aromatic N) is 2. The van der Waals surface area contributed by atoms with Crippen molar-refractivity contribution in [3.8, 4) is 0 Å². The van der Waals surface area contributed by atoms with Gasteiger partial charge in [-0.05, 0) is 6.92 Å². The zero-order chi connectivity index (χ0) is 12.3. The van der Waals surface area contributed by atoms with E-state index < -0.39 is 30.7 Å². The van der Waals surface area contributed by atoms with Crippen LogP contribution in [0.25, 0.3) is 0 Å². The summed E-state index contributed by atoms with van der Waals surface area (Å²) in [6.07, 6.45) is -5.48. The maximum atomic E-state index is 11.8. The van der Waals surface area contributed by atoms with E-state index in [-0.39, 0.29) is 5.82 Å². The predicted octanol–water partition coefficient (Wildman–Crippen LogP) is 0.808. The standard InChI is InChI=1S/C7H8F3N3O3/c1-3(15-2-7(8,9)10)5-12-6(4(11)14)16-13-5/h3H,2H2,1H3,(H2,11,14). The molecule has 0 aliphatic rings. The summed E-state index contributed by atoms with van der Waals surface area (Å²) in [5.41, 5.74) is 4.81. The van der Waals surface area contributed by atoms with E-state index in [4.69, 9.17) is 5.73 Å². The van der Waals surface area contributed by atoms with E-state index in [9.17, 15) is 18.0 Å². The Morgan fingerprint density at radius 2 is 2.25 bits per heavy atom. The normalized spacial score (nSPS) is 13.8. The number of hydrogen-bond acceptors (Lipinski definition) is 5. The Kier molecular flexibility index (Phi) is 3.48. The molecule has 2 N–H and O–H groups in total. The molecule has 0 saturated heterocycles. The average Bonchev–Trinajstić information content (AvgIpc) is 2.61. The number of amides is 1. The smallest absolute Gasteiger partial charge is 0.361 e. The van der Waals surface area contributed by atoms with Gasteiger partial charge in [-0.1, -0.05) is 5.16 Å². The van der Waals surface area contributed by atoms with Crippen molar-refractivity contribution in [1.29, 1.82) is 0 Å². The maximum Gasteiger partial charge on any atom is 0.411 e. The van der Waals surface area contributed by atoms with E-state index in [1.807, 2.05) is 0 Å². The molecule has 1 amide bonds. The second-order valence-electron chi connectivity index (χ2n) is 2.89. The first kappa shape index (κ1) is 12.4. The summed E-state index contributed by atoms with van der Waals surface area (Å²) >= 11 is 0. The van der Waals surface area contributed by atoms with Crippen molar-refractivity contribution < 1.29 is 27.2 Å². The van der Waals surface area contributed by atoms with Crippen molar-refractivity contribution in [2.24, 2.45) is 5.73 Å². The Bertz CT molecular complexity index is 376. The molecular formula is C7H8F3N3O3. The molecule has 1 rings (SSSR count). The molecule has 0 aliphatic heterocycles. The summed E-state index contributed by atoms with van der Waals surface area (Å²) in [5.74, 6) is -1.60. The fourth-order valence-corrected chi connectivity index (χ4v) is 0.794. The van der Waals surface area contributed by atoms with Crippen LogP contribution in [-0.2, 0) is 4.74 Å². The Hall–Kier alpha value is -1.64. The van der Waals surface area contributed by atoms with Crippen molar-refractivity contribution in [2.75, 3.05) is 6.61 Å². The van der Waals surface area contributed by atoms with Crippen LogP contribution in [-0.4, -0.2) is 28.8 Å². The minimum absolute atomic E-state index is 0.168. The third kappa shape index (κ3) is 3.50. The molecule has 9 heteroatoms. The van der Waals surface area contributed by atoms with Gasteiger partial charge in [-0.25, -0.2) is 0 Å². The van der Waals surface area contributed by atoms with Gasteiger partial charge in [0.05, 0.1) is 0 Å². The predicted molar refractivity (Wildman–Crippen MR) is 43.2 cm³/mol. The van der Waals surface area contributed by atoms with Crippen LogP contribution in [0.2, 0.25) is 0 Å². The number of carbonyl (C=O) groups excluding carboxylic acids is 1. The molecule has 1 unspecified atom stereocenters. The second-order valence-corrected chi connectivity index (χ2v) is 2.89. The Labute approximate surface area is 87.6 Å². The van der Waals surface area contributed by atoms with Gasteiger partial charge in [-0.2, -0.15) is 18.2 Å². The van der Waals surface area contributed by atoms with Crippen molar-refractivity contribution in [2.45, 2.75) is 19.2 Å². The highest BCUT2D eigenvalue weighted by Gasteiger charge is 2.29. The molecule has 0 radical (unpaired) electrons. The minimum Gasteiger partial charge on any atom is -0.361 e. The zero-order valence-electron chi connectivity index (χ0n) is 8.11. The number of carbonyl (C=O) groups is 1. The molecule has 0 fully saturated rings. The van der Waals surface area contributed by atoms with E-state index in [1.165, 1.54) is 6.92 Å². The van der Waals surface area contributed by atoms with E-state index in [2.05, 4.69) is 19.4 Å². The van der Waals surface area contributed by atoms with Gasteiger partial charge >= 0.3 is 18.0 Å². The highest BCUT2D eigenvalue weighted by atomic mass is 19.4. The topological polar surface area (TPSA) is 91.2 Å². The van der Waals surface area contributed by atoms with Crippen LogP contribution in [0.15, 0.2) is 4.52 Å².